The highest BCUT2D eigenvalue weighted by atomic mass is 35.5. The van der Waals surface area contributed by atoms with E-state index >= 15 is 0 Å². The molecule has 1 fully saturated rings. The first kappa shape index (κ1) is 20.0. The zero-order chi connectivity index (χ0) is 18.8. The molecule has 0 atom stereocenters. The molecular formula is C18H24Cl2N2O3. The molecular weight excluding hydrogens is 363 g/mol. The predicted molar refractivity (Wildman–Crippen MR) is 96.2 cm³/mol. The number of amides is 2. The van der Waals surface area contributed by atoms with Crippen LogP contribution in [0.4, 0.5) is 4.79 Å². The number of carbonyl (C=O) groups is 2. The highest BCUT2D eigenvalue weighted by Crippen LogP contribution is 2.32. The maximum atomic E-state index is 12.4. The molecule has 1 aromatic carbocycles. The van der Waals surface area contributed by atoms with Gasteiger partial charge in [-0.25, -0.2) is 0 Å². The van der Waals surface area contributed by atoms with Gasteiger partial charge < -0.3 is 15.2 Å². The Balaban J connectivity index is 1.96. The number of rotatable bonds is 3. The lowest BCUT2D eigenvalue weighted by Gasteiger charge is -2.51. The monoisotopic (exact) mass is 386 g/mol. The van der Waals surface area contributed by atoms with E-state index in [2.05, 4.69) is 5.32 Å². The van der Waals surface area contributed by atoms with Gasteiger partial charge in [0, 0.05) is 35.3 Å². The van der Waals surface area contributed by atoms with Crippen LogP contribution in [0.2, 0.25) is 10.0 Å². The Morgan fingerprint density at radius 1 is 1.24 bits per heavy atom. The number of carbonyl (C=O) groups excluding carboxylic acids is 2. The van der Waals surface area contributed by atoms with E-state index in [4.69, 9.17) is 23.2 Å². The van der Waals surface area contributed by atoms with Crippen LogP contribution < -0.4 is 10.4 Å². The molecule has 2 rings (SSSR count). The van der Waals surface area contributed by atoms with E-state index in [1.165, 1.54) is 0 Å². The first-order valence-electron chi connectivity index (χ1n) is 8.37. The maximum absolute atomic E-state index is 12.4. The van der Waals surface area contributed by atoms with Gasteiger partial charge in [0.15, 0.2) is 0 Å². The smallest absolute Gasteiger partial charge is 0.257 e. The first-order valence-corrected chi connectivity index (χ1v) is 9.13. The Labute approximate surface area is 158 Å². The minimum Gasteiger partial charge on any atom is -0.498 e. The Morgan fingerprint density at radius 2 is 1.84 bits per heavy atom. The molecule has 5 nitrogen and oxygen atoms in total. The molecule has 0 spiro atoms. The third-order valence-corrected chi connectivity index (χ3v) is 5.78. The Bertz CT molecular complexity index is 663. The van der Waals surface area contributed by atoms with Crippen LogP contribution in [0.15, 0.2) is 18.2 Å². The van der Waals surface area contributed by atoms with Crippen LogP contribution in [-0.4, -0.2) is 35.1 Å². The minimum atomic E-state index is -1.07. The van der Waals surface area contributed by atoms with Gasteiger partial charge in [-0.3, -0.25) is 9.28 Å². The molecule has 1 aliphatic heterocycles. The highest BCUT2D eigenvalue weighted by molar-refractivity contribution is 6.35. The highest BCUT2D eigenvalue weighted by Gasteiger charge is 2.46. The van der Waals surface area contributed by atoms with Gasteiger partial charge in [-0.2, -0.15) is 0 Å². The summed E-state index contributed by atoms with van der Waals surface area (Å²) in [6.07, 6.45) is -0.0315. The van der Waals surface area contributed by atoms with Crippen LogP contribution in [0.3, 0.4) is 0 Å². The van der Waals surface area contributed by atoms with Crippen LogP contribution >= 0.6 is 23.2 Å². The van der Waals surface area contributed by atoms with E-state index in [9.17, 15) is 14.7 Å². The summed E-state index contributed by atoms with van der Waals surface area (Å²) >= 11 is 12.0. The van der Waals surface area contributed by atoms with Crippen molar-refractivity contribution in [3.05, 3.63) is 33.8 Å². The van der Waals surface area contributed by atoms with Gasteiger partial charge in [-0.05, 0) is 38.5 Å². The lowest BCUT2D eigenvalue weighted by atomic mass is 9.89. The Kier molecular flexibility index (Phi) is 6.02. The lowest BCUT2D eigenvalue weighted by Crippen LogP contribution is -2.70. The molecule has 7 heteroatoms. The molecule has 0 saturated carbocycles. The number of carboxylic acid groups (broad SMARTS) is 1. The van der Waals surface area contributed by atoms with Crippen LogP contribution in [0.25, 0.3) is 0 Å². The third kappa shape index (κ3) is 4.27. The number of nitrogens with one attached hydrogen (secondary N) is 1. The van der Waals surface area contributed by atoms with Crippen molar-refractivity contribution < 1.29 is 19.2 Å². The zero-order valence-corrected chi connectivity index (χ0v) is 16.3. The first-order chi connectivity index (χ1) is 11.6. The van der Waals surface area contributed by atoms with Gasteiger partial charge in [-0.1, -0.05) is 29.3 Å². The fourth-order valence-electron chi connectivity index (χ4n) is 3.39. The number of quaternary nitrogens is 1. The number of nitrogens with zero attached hydrogens (tertiary/aromatic N) is 1. The largest absolute Gasteiger partial charge is 0.498 e. The van der Waals surface area contributed by atoms with Gasteiger partial charge in [0.05, 0.1) is 18.6 Å². The van der Waals surface area contributed by atoms with E-state index < -0.39 is 11.6 Å². The fourth-order valence-corrected chi connectivity index (χ4v) is 3.87. The SMILES string of the molecule is CC(C)(C)[N+]1(C(=O)[O-])CCC(C(=O)NCc2ccc(Cl)cc2Cl)CC1. The molecule has 0 bridgehead atoms. The standard InChI is InChI=1S/C18H24Cl2N2O3/c1-18(2,3)22(17(24)25)8-6-12(7-9-22)16(23)21-11-13-4-5-14(19)10-15(13)20/h4-5,10,12H,6-9,11H2,1-3H3,(H-,21,23,24,25). The lowest BCUT2D eigenvalue weighted by molar-refractivity contribution is -0.924. The number of likely N-dealkylation sites (tertiary alicyclic amines) is 1. The summed E-state index contributed by atoms with van der Waals surface area (Å²) < 4.78 is -0.111. The molecule has 0 aliphatic carbocycles. The predicted octanol–water partition coefficient (Wildman–Crippen LogP) is 2.98. The normalized spacial score (nSPS) is 24.0. The van der Waals surface area contributed by atoms with E-state index in [1.807, 2.05) is 20.8 Å². The minimum absolute atomic E-state index is 0.0731. The van der Waals surface area contributed by atoms with Crippen molar-refractivity contribution in [3.8, 4) is 0 Å². The van der Waals surface area contributed by atoms with Gasteiger partial charge in [-0.15, -0.1) is 0 Å². The molecule has 0 radical (unpaired) electrons. The van der Waals surface area contributed by atoms with Crippen molar-refractivity contribution in [1.29, 1.82) is 0 Å². The van der Waals surface area contributed by atoms with Crippen molar-refractivity contribution in [2.24, 2.45) is 5.92 Å². The summed E-state index contributed by atoms with van der Waals surface area (Å²) in [4.78, 5) is 24.1. The zero-order valence-electron chi connectivity index (χ0n) is 14.8. The van der Waals surface area contributed by atoms with E-state index in [0.29, 0.717) is 42.5 Å². The summed E-state index contributed by atoms with van der Waals surface area (Å²) in [5.41, 5.74) is 0.335. The van der Waals surface area contributed by atoms with Crippen molar-refractivity contribution in [2.75, 3.05) is 13.1 Å². The number of hydrogen-bond donors (Lipinski definition) is 1. The second-order valence-corrected chi connectivity index (χ2v) is 8.42. The molecule has 1 heterocycles. The Hall–Kier alpha value is -1.30. The van der Waals surface area contributed by atoms with Crippen molar-refractivity contribution in [2.45, 2.75) is 45.7 Å². The molecule has 0 unspecified atom stereocenters. The number of hydrogen-bond acceptors (Lipinski definition) is 3. The fraction of sp³-hybridized carbons (Fsp3) is 0.556. The number of piperidine rings is 1. The summed E-state index contributed by atoms with van der Waals surface area (Å²) in [5.74, 6) is -0.268. The van der Waals surface area contributed by atoms with E-state index in [0.717, 1.165) is 5.56 Å². The number of benzene rings is 1. The van der Waals surface area contributed by atoms with Gasteiger partial charge in [0.1, 0.15) is 0 Å². The van der Waals surface area contributed by atoms with Gasteiger partial charge in [0.25, 0.3) is 6.09 Å². The molecule has 1 saturated heterocycles. The second-order valence-electron chi connectivity index (χ2n) is 7.58. The molecule has 138 valence electrons. The summed E-state index contributed by atoms with van der Waals surface area (Å²) in [5, 5.41) is 15.7. The van der Waals surface area contributed by atoms with Crippen molar-refractivity contribution in [1.82, 2.24) is 5.32 Å². The second kappa shape index (κ2) is 7.52. The van der Waals surface area contributed by atoms with E-state index in [1.54, 1.807) is 18.2 Å². The van der Waals surface area contributed by atoms with Gasteiger partial charge >= 0.3 is 0 Å². The molecule has 1 aliphatic rings. The molecule has 2 amide bonds. The van der Waals surface area contributed by atoms with Crippen LogP contribution in [-0.2, 0) is 11.3 Å². The quantitative estimate of drug-likeness (QED) is 0.811. The average Bonchev–Trinajstić information content (AvgIpc) is 2.52. The third-order valence-electron chi connectivity index (χ3n) is 5.19. The maximum Gasteiger partial charge on any atom is 0.257 e. The van der Waals surface area contributed by atoms with Crippen molar-refractivity contribution >= 4 is 35.2 Å². The molecule has 25 heavy (non-hydrogen) atoms. The van der Waals surface area contributed by atoms with E-state index in [-0.39, 0.29) is 16.3 Å². The van der Waals surface area contributed by atoms with Crippen LogP contribution in [0.1, 0.15) is 39.2 Å². The Morgan fingerprint density at radius 3 is 2.32 bits per heavy atom. The molecule has 0 aromatic heterocycles. The topological polar surface area (TPSA) is 69.2 Å². The summed E-state index contributed by atoms with van der Waals surface area (Å²) in [6, 6.07) is 5.15. The summed E-state index contributed by atoms with van der Waals surface area (Å²) in [7, 11) is 0. The van der Waals surface area contributed by atoms with Gasteiger partial charge in [0.2, 0.25) is 5.91 Å². The summed E-state index contributed by atoms with van der Waals surface area (Å²) in [6.45, 7) is 6.80. The van der Waals surface area contributed by atoms with Crippen molar-refractivity contribution in [3.63, 3.8) is 0 Å². The average molecular weight is 387 g/mol. The molecule has 1 N–H and O–H groups in total. The van der Waals surface area contributed by atoms with Crippen LogP contribution in [0, 0.1) is 5.92 Å². The van der Waals surface area contributed by atoms with Crippen LogP contribution in [0.5, 0.6) is 0 Å². The number of halogens is 2. The molecule has 1 aromatic rings.